The van der Waals surface area contributed by atoms with Gasteiger partial charge in [-0.05, 0) is 68.0 Å². The first kappa shape index (κ1) is 22.5. The van der Waals surface area contributed by atoms with Crippen LogP contribution >= 0.6 is 11.6 Å². The van der Waals surface area contributed by atoms with Crippen molar-refractivity contribution >= 4 is 28.8 Å². The number of ether oxygens (including phenoxy) is 2. The van der Waals surface area contributed by atoms with Crippen LogP contribution in [0.4, 0.5) is 11.4 Å². The molecule has 0 saturated carbocycles. The molecule has 0 spiro atoms. The van der Waals surface area contributed by atoms with E-state index in [1.165, 1.54) is 0 Å². The van der Waals surface area contributed by atoms with Crippen LogP contribution in [0.5, 0.6) is 0 Å². The van der Waals surface area contributed by atoms with E-state index >= 15 is 0 Å². The fourth-order valence-electron chi connectivity index (χ4n) is 3.91. The summed E-state index contributed by atoms with van der Waals surface area (Å²) in [6.45, 7) is 3.32. The van der Waals surface area contributed by atoms with E-state index in [9.17, 15) is 4.79 Å². The Bertz CT molecular complexity index is 1080. The van der Waals surface area contributed by atoms with Gasteiger partial charge in [-0.2, -0.15) is 0 Å². The molecule has 0 aliphatic carbocycles. The van der Waals surface area contributed by atoms with Gasteiger partial charge in [0.2, 0.25) is 0 Å². The summed E-state index contributed by atoms with van der Waals surface area (Å²) in [5, 5.41) is 3.87. The van der Waals surface area contributed by atoms with Gasteiger partial charge in [0.1, 0.15) is 0 Å². The van der Waals surface area contributed by atoms with Gasteiger partial charge in [-0.3, -0.25) is 4.79 Å². The minimum atomic E-state index is -0.0824. The highest BCUT2D eigenvalue weighted by Gasteiger charge is 2.16. The van der Waals surface area contributed by atoms with Crippen LogP contribution in [0.3, 0.4) is 0 Å². The van der Waals surface area contributed by atoms with Gasteiger partial charge in [0.25, 0.3) is 0 Å². The third-order valence-corrected chi connectivity index (χ3v) is 6.03. The van der Waals surface area contributed by atoms with Gasteiger partial charge in [-0.15, -0.1) is 0 Å². The molecule has 1 N–H and O–H groups in total. The normalized spacial score (nSPS) is 16.0. The topological polar surface area (TPSA) is 47.6 Å². The van der Waals surface area contributed by atoms with Crippen LogP contribution in [0.1, 0.15) is 46.3 Å². The van der Waals surface area contributed by atoms with E-state index in [0.29, 0.717) is 22.8 Å². The van der Waals surface area contributed by atoms with Gasteiger partial charge in [0.05, 0.1) is 11.6 Å². The van der Waals surface area contributed by atoms with Gasteiger partial charge in [0, 0.05) is 29.1 Å². The van der Waals surface area contributed by atoms with Crippen molar-refractivity contribution < 1.29 is 14.3 Å². The first-order valence-electron chi connectivity index (χ1n) is 11.1. The first-order chi connectivity index (χ1) is 15.6. The smallest absolute Gasteiger partial charge is 0.194 e. The van der Waals surface area contributed by atoms with E-state index in [1.807, 2.05) is 55.5 Å². The largest absolute Gasteiger partial charge is 0.355 e. The van der Waals surface area contributed by atoms with Gasteiger partial charge in [0.15, 0.2) is 12.1 Å². The molecular formula is C27H28ClNO3. The summed E-state index contributed by atoms with van der Waals surface area (Å²) < 4.78 is 11.5. The number of anilines is 2. The highest BCUT2D eigenvalue weighted by Crippen LogP contribution is 2.28. The van der Waals surface area contributed by atoms with Crippen molar-refractivity contribution in [1.82, 2.24) is 0 Å². The fraction of sp³-hybridized carbons (Fsp3) is 0.296. The van der Waals surface area contributed by atoms with Crippen molar-refractivity contribution in [3.8, 4) is 0 Å². The van der Waals surface area contributed by atoms with Crippen molar-refractivity contribution in [1.29, 1.82) is 0 Å². The molecular weight excluding hydrogens is 422 g/mol. The Balaban J connectivity index is 1.43. The molecule has 1 aliphatic rings. The second-order valence-corrected chi connectivity index (χ2v) is 8.44. The number of ketones is 1. The number of hydrogen-bond acceptors (Lipinski definition) is 4. The Labute approximate surface area is 194 Å². The molecule has 5 heteroatoms. The summed E-state index contributed by atoms with van der Waals surface area (Å²) in [6, 6.07) is 21.2. The van der Waals surface area contributed by atoms with E-state index in [2.05, 4.69) is 11.4 Å². The summed E-state index contributed by atoms with van der Waals surface area (Å²) >= 11 is 6.51. The van der Waals surface area contributed by atoms with Crippen molar-refractivity contribution in [2.45, 2.75) is 38.9 Å². The number of para-hydroxylation sites is 1. The molecule has 32 heavy (non-hydrogen) atoms. The minimum Gasteiger partial charge on any atom is -0.355 e. The summed E-state index contributed by atoms with van der Waals surface area (Å²) in [4.78, 5) is 12.9. The molecule has 1 atom stereocenters. The molecule has 166 valence electrons. The molecule has 1 unspecified atom stereocenters. The minimum absolute atomic E-state index is 0.0675. The molecule has 1 heterocycles. The van der Waals surface area contributed by atoms with E-state index in [1.54, 1.807) is 12.1 Å². The number of rotatable bonds is 8. The lowest BCUT2D eigenvalue weighted by molar-refractivity contribution is -0.161. The SMILES string of the molecule is Cc1ccccc1C(=O)c1ccc(Nc2ccccc2CCOC2CCCCO2)cc1Cl. The van der Waals surface area contributed by atoms with Crippen LogP contribution in [-0.4, -0.2) is 25.3 Å². The van der Waals surface area contributed by atoms with Crippen LogP contribution < -0.4 is 5.32 Å². The van der Waals surface area contributed by atoms with Gasteiger partial charge in [-0.1, -0.05) is 54.1 Å². The lowest BCUT2D eigenvalue weighted by Gasteiger charge is -2.23. The molecule has 1 aliphatic heterocycles. The number of halogens is 1. The van der Waals surface area contributed by atoms with Crippen LogP contribution in [0, 0.1) is 6.92 Å². The molecule has 3 aromatic carbocycles. The summed E-state index contributed by atoms with van der Waals surface area (Å²) in [5.41, 5.74) is 5.09. The third kappa shape index (κ3) is 5.57. The second kappa shape index (κ2) is 10.8. The molecule has 0 bridgehead atoms. The lowest BCUT2D eigenvalue weighted by atomic mass is 9.99. The molecule has 4 nitrogen and oxygen atoms in total. The predicted molar refractivity (Wildman–Crippen MR) is 129 cm³/mol. The monoisotopic (exact) mass is 449 g/mol. The van der Waals surface area contributed by atoms with E-state index in [-0.39, 0.29) is 12.1 Å². The number of carbonyl (C=O) groups is 1. The van der Waals surface area contributed by atoms with Crippen LogP contribution in [-0.2, 0) is 15.9 Å². The van der Waals surface area contributed by atoms with Crippen molar-refractivity contribution in [3.63, 3.8) is 0 Å². The number of nitrogens with one attached hydrogen (secondary N) is 1. The Kier molecular flexibility index (Phi) is 7.59. The summed E-state index contributed by atoms with van der Waals surface area (Å²) in [5.74, 6) is -0.0675. The molecule has 1 saturated heterocycles. The summed E-state index contributed by atoms with van der Waals surface area (Å²) in [7, 11) is 0. The number of carbonyl (C=O) groups excluding carboxylic acids is 1. The maximum atomic E-state index is 12.9. The standard InChI is InChI=1S/C27H28ClNO3/c1-19-8-2-4-10-22(19)27(30)23-14-13-21(18-24(23)28)29-25-11-5-3-9-20(25)15-17-32-26-12-6-7-16-31-26/h2-5,8-11,13-14,18,26,29H,6-7,12,15-17H2,1H3. The zero-order valence-corrected chi connectivity index (χ0v) is 19.0. The number of aryl methyl sites for hydroxylation is 1. The maximum absolute atomic E-state index is 12.9. The average molecular weight is 450 g/mol. The fourth-order valence-corrected chi connectivity index (χ4v) is 4.17. The first-order valence-corrected chi connectivity index (χ1v) is 11.5. The summed E-state index contributed by atoms with van der Waals surface area (Å²) in [6.07, 6.45) is 3.93. The molecule has 0 radical (unpaired) electrons. The zero-order chi connectivity index (χ0) is 22.3. The highest BCUT2D eigenvalue weighted by molar-refractivity contribution is 6.35. The maximum Gasteiger partial charge on any atom is 0.194 e. The molecule has 0 aromatic heterocycles. The van der Waals surface area contributed by atoms with Gasteiger partial charge >= 0.3 is 0 Å². The second-order valence-electron chi connectivity index (χ2n) is 8.04. The van der Waals surface area contributed by atoms with Crippen LogP contribution in [0.25, 0.3) is 0 Å². The van der Waals surface area contributed by atoms with Crippen LogP contribution in [0.2, 0.25) is 5.02 Å². The van der Waals surface area contributed by atoms with Crippen LogP contribution in [0.15, 0.2) is 66.7 Å². The van der Waals surface area contributed by atoms with Crippen molar-refractivity contribution in [2.24, 2.45) is 0 Å². The quantitative estimate of drug-likeness (QED) is 0.388. The third-order valence-electron chi connectivity index (χ3n) is 5.71. The Hall–Kier alpha value is -2.66. The van der Waals surface area contributed by atoms with E-state index < -0.39 is 0 Å². The Morgan fingerprint density at radius 2 is 1.88 bits per heavy atom. The molecule has 0 amide bonds. The van der Waals surface area contributed by atoms with Gasteiger partial charge in [-0.25, -0.2) is 0 Å². The average Bonchev–Trinajstić information content (AvgIpc) is 2.81. The molecule has 1 fully saturated rings. The zero-order valence-electron chi connectivity index (χ0n) is 18.3. The molecule has 4 rings (SSSR count). The lowest BCUT2D eigenvalue weighted by Crippen LogP contribution is -2.23. The van der Waals surface area contributed by atoms with Gasteiger partial charge < -0.3 is 14.8 Å². The van der Waals surface area contributed by atoms with E-state index in [0.717, 1.165) is 54.8 Å². The van der Waals surface area contributed by atoms with Crippen molar-refractivity contribution in [2.75, 3.05) is 18.5 Å². The number of benzene rings is 3. The highest BCUT2D eigenvalue weighted by atomic mass is 35.5. The molecule has 3 aromatic rings. The van der Waals surface area contributed by atoms with E-state index in [4.69, 9.17) is 21.1 Å². The Morgan fingerprint density at radius 3 is 2.66 bits per heavy atom. The predicted octanol–water partition coefficient (Wildman–Crippen LogP) is 6.71. The number of hydrogen-bond donors (Lipinski definition) is 1. The van der Waals surface area contributed by atoms with Crippen molar-refractivity contribution in [3.05, 3.63) is 94.0 Å². The Morgan fingerprint density at radius 1 is 1.06 bits per heavy atom.